The monoisotopic (exact) mass is 293 g/mol. The van der Waals surface area contributed by atoms with Crippen molar-refractivity contribution in [1.82, 2.24) is 14.5 Å². The van der Waals surface area contributed by atoms with Crippen molar-refractivity contribution in [1.29, 1.82) is 0 Å². The molecule has 0 saturated carbocycles. The SMILES string of the molecule is COc1ccc2c(c1)nc(C(C)Cl)n2C1CCN(C)C1. The van der Waals surface area contributed by atoms with Crippen molar-refractivity contribution >= 4 is 22.6 Å². The number of hydrogen-bond donors (Lipinski definition) is 0. The molecule has 1 saturated heterocycles. The van der Waals surface area contributed by atoms with Crippen LogP contribution in [0.3, 0.4) is 0 Å². The molecule has 1 aliphatic heterocycles. The second kappa shape index (κ2) is 5.26. The molecule has 20 heavy (non-hydrogen) atoms. The Hall–Kier alpha value is -1.26. The van der Waals surface area contributed by atoms with Gasteiger partial charge in [-0.25, -0.2) is 4.98 Å². The number of imidazole rings is 1. The van der Waals surface area contributed by atoms with Gasteiger partial charge in [0, 0.05) is 18.7 Å². The van der Waals surface area contributed by atoms with E-state index in [0.717, 1.165) is 42.1 Å². The Morgan fingerprint density at radius 3 is 2.85 bits per heavy atom. The minimum Gasteiger partial charge on any atom is -0.497 e. The highest BCUT2D eigenvalue weighted by atomic mass is 35.5. The van der Waals surface area contributed by atoms with E-state index in [-0.39, 0.29) is 5.38 Å². The lowest BCUT2D eigenvalue weighted by molar-refractivity contribution is 0.392. The predicted octanol–water partition coefficient (Wildman–Crippen LogP) is 3.22. The average Bonchev–Trinajstić information content (AvgIpc) is 3.00. The van der Waals surface area contributed by atoms with Gasteiger partial charge in [0.2, 0.25) is 0 Å². The number of rotatable bonds is 3. The van der Waals surface area contributed by atoms with E-state index in [1.807, 2.05) is 19.1 Å². The quantitative estimate of drug-likeness (QED) is 0.814. The molecule has 1 aromatic heterocycles. The number of ether oxygens (including phenoxy) is 1. The van der Waals surface area contributed by atoms with Crippen LogP contribution in [0.2, 0.25) is 0 Å². The number of methoxy groups -OCH3 is 1. The molecular weight excluding hydrogens is 274 g/mol. The fourth-order valence-corrected chi connectivity index (χ4v) is 3.16. The first-order valence-corrected chi connectivity index (χ1v) is 7.42. The van der Waals surface area contributed by atoms with E-state index in [4.69, 9.17) is 21.3 Å². The number of nitrogens with zero attached hydrogens (tertiary/aromatic N) is 3. The van der Waals surface area contributed by atoms with Crippen LogP contribution in [-0.4, -0.2) is 41.7 Å². The van der Waals surface area contributed by atoms with Gasteiger partial charge in [-0.2, -0.15) is 0 Å². The summed E-state index contributed by atoms with van der Waals surface area (Å²) < 4.78 is 7.60. The summed E-state index contributed by atoms with van der Waals surface area (Å²) in [4.78, 5) is 7.07. The van der Waals surface area contributed by atoms with E-state index < -0.39 is 0 Å². The number of fused-ring (bicyclic) bond motifs is 1. The van der Waals surface area contributed by atoms with Gasteiger partial charge >= 0.3 is 0 Å². The largest absolute Gasteiger partial charge is 0.497 e. The lowest BCUT2D eigenvalue weighted by atomic mass is 10.2. The fraction of sp³-hybridized carbons (Fsp3) is 0.533. The summed E-state index contributed by atoms with van der Waals surface area (Å²) >= 11 is 6.34. The molecule has 0 radical (unpaired) electrons. The second-order valence-corrected chi connectivity index (χ2v) is 6.17. The Kier molecular flexibility index (Phi) is 3.61. The molecule has 0 bridgehead atoms. The van der Waals surface area contributed by atoms with Crippen LogP contribution in [0.1, 0.15) is 30.6 Å². The minimum absolute atomic E-state index is 0.0979. The maximum Gasteiger partial charge on any atom is 0.128 e. The van der Waals surface area contributed by atoms with Crippen LogP contribution < -0.4 is 4.74 Å². The number of benzene rings is 1. The molecule has 108 valence electrons. The molecule has 1 fully saturated rings. The summed E-state index contributed by atoms with van der Waals surface area (Å²) in [5.41, 5.74) is 2.11. The highest BCUT2D eigenvalue weighted by molar-refractivity contribution is 6.20. The van der Waals surface area contributed by atoms with Gasteiger partial charge in [-0.3, -0.25) is 0 Å². The summed E-state index contributed by atoms with van der Waals surface area (Å²) in [6, 6.07) is 6.51. The molecule has 1 aromatic carbocycles. The zero-order valence-electron chi connectivity index (χ0n) is 12.1. The minimum atomic E-state index is -0.0979. The molecule has 2 aromatic rings. The number of hydrogen-bond acceptors (Lipinski definition) is 3. The maximum absolute atomic E-state index is 6.34. The van der Waals surface area contributed by atoms with Crippen molar-refractivity contribution in [2.24, 2.45) is 0 Å². The molecule has 4 nitrogen and oxygen atoms in total. The molecule has 0 aliphatic carbocycles. The maximum atomic E-state index is 6.34. The zero-order valence-corrected chi connectivity index (χ0v) is 12.9. The average molecular weight is 294 g/mol. The Labute approximate surface area is 124 Å². The highest BCUT2D eigenvalue weighted by Gasteiger charge is 2.26. The van der Waals surface area contributed by atoms with Crippen molar-refractivity contribution in [3.05, 3.63) is 24.0 Å². The summed E-state index contributed by atoms with van der Waals surface area (Å²) in [6.45, 7) is 4.15. The van der Waals surface area contributed by atoms with Crippen LogP contribution in [0.25, 0.3) is 11.0 Å². The van der Waals surface area contributed by atoms with Crippen molar-refractivity contribution in [2.75, 3.05) is 27.2 Å². The first-order valence-electron chi connectivity index (χ1n) is 6.98. The first kappa shape index (κ1) is 13.7. The van der Waals surface area contributed by atoms with E-state index in [1.54, 1.807) is 7.11 Å². The fourth-order valence-electron chi connectivity index (χ4n) is 3.01. The van der Waals surface area contributed by atoms with Crippen LogP contribution in [0, 0.1) is 0 Å². The summed E-state index contributed by atoms with van der Waals surface area (Å²) in [5.74, 6) is 1.79. The summed E-state index contributed by atoms with van der Waals surface area (Å²) in [5, 5.41) is -0.0979. The normalized spacial score (nSPS) is 21.5. The third kappa shape index (κ3) is 2.27. The third-order valence-corrected chi connectivity index (χ3v) is 4.21. The summed E-state index contributed by atoms with van der Waals surface area (Å²) in [7, 11) is 3.83. The molecule has 2 unspecified atom stereocenters. The van der Waals surface area contributed by atoms with Crippen LogP contribution in [0.15, 0.2) is 18.2 Å². The molecular formula is C15H20ClN3O. The number of aromatic nitrogens is 2. The van der Waals surface area contributed by atoms with Crippen LogP contribution in [-0.2, 0) is 0 Å². The van der Waals surface area contributed by atoms with Crippen LogP contribution >= 0.6 is 11.6 Å². The predicted molar refractivity (Wildman–Crippen MR) is 81.7 cm³/mol. The Morgan fingerprint density at radius 2 is 2.25 bits per heavy atom. The number of likely N-dealkylation sites (N-methyl/N-ethyl adjacent to an activating group) is 1. The number of halogens is 1. The molecule has 0 amide bonds. The summed E-state index contributed by atoms with van der Waals surface area (Å²) in [6.07, 6.45) is 1.14. The standard InChI is InChI=1S/C15H20ClN3O/c1-10(16)15-17-13-8-12(20-3)4-5-14(13)19(15)11-6-7-18(2)9-11/h4-5,8,10-11H,6-7,9H2,1-3H3. The Balaban J connectivity index is 2.14. The van der Waals surface area contributed by atoms with Gasteiger partial charge in [0.1, 0.15) is 11.6 Å². The smallest absolute Gasteiger partial charge is 0.128 e. The van der Waals surface area contributed by atoms with Crippen LogP contribution in [0.5, 0.6) is 5.75 Å². The van der Waals surface area contributed by atoms with Crippen LogP contribution in [0.4, 0.5) is 0 Å². The van der Waals surface area contributed by atoms with E-state index in [2.05, 4.69) is 22.6 Å². The van der Waals surface area contributed by atoms with Gasteiger partial charge in [0.05, 0.1) is 23.5 Å². The molecule has 2 heterocycles. The molecule has 0 spiro atoms. The lowest BCUT2D eigenvalue weighted by Gasteiger charge is -2.18. The van der Waals surface area contributed by atoms with Gasteiger partial charge in [-0.15, -0.1) is 11.6 Å². The Bertz CT molecular complexity index is 623. The van der Waals surface area contributed by atoms with Gasteiger partial charge in [-0.1, -0.05) is 0 Å². The van der Waals surface area contributed by atoms with Crippen molar-refractivity contribution < 1.29 is 4.74 Å². The number of likely N-dealkylation sites (tertiary alicyclic amines) is 1. The molecule has 1 aliphatic rings. The molecule has 3 rings (SSSR count). The van der Waals surface area contributed by atoms with E-state index in [0.29, 0.717) is 6.04 Å². The highest BCUT2D eigenvalue weighted by Crippen LogP contribution is 2.33. The number of alkyl halides is 1. The van der Waals surface area contributed by atoms with Gasteiger partial charge in [0.15, 0.2) is 0 Å². The second-order valence-electron chi connectivity index (χ2n) is 5.52. The van der Waals surface area contributed by atoms with E-state index >= 15 is 0 Å². The molecule has 0 N–H and O–H groups in total. The van der Waals surface area contributed by atoms with E-state index in [9.17, 15) is 0 Å². The topological polar surface area (TPSA) is 30.3 Å². The zero-order chi connectivity index (χ0) is 14.3. The first-order chi connectivity index (χ1) is 9.60. The van der Waals surface area contributed by atoms with Crippen molar-refractivity contribution in [2.45, 2.75) is 24.8 Å². The third-order valence-electron chi connectivity index (χ3n) is 4.01. The van der Waals surface area contributed by atoms with Crippen molar-refractivity contribution in [3.63, 3.8) is 0 Å². The molecule has 5 heteroatoms. The Morgan fingerprint density at radius 1 is 1.45 bits per heavy atom. The van der Waals surface area contributed by atoms with Gasteiger partial charge < -0.3 is 14.2 Å². The molecule has 2 atom stereocenters. The lowest BCUT2D eigenvalue weighted by Crippen LogP contribution is -2.18. The van der Waals surface area contributed by atoms with E-state index in [1.165, 1.54) is 0 Å². The van der Waals surface area contributed by atoms with Gasteiger partial charge in [-0.05, 0) is 39.1 Å². The van der Waals surface area contributed by atoms with Gasteiger partial charge in [0.25, 0.3) is 0 Å². The van der Waals surface area contributed by atoms with Crippen molar-refractivity contribution in [3.8, 4) is 5.75 Å².